The van der Waals surface area contributed by atoms with Crippen LogP contribution < -0.4 is 0 Å². The van der Waals surface area contributed by atoms with Gasteiger partial charge < -0.3 is 9.47 Å². The zero-order valence-corrected chi connectivity index (χ0v) is 9.67. The summed E-state index contributed by atoms with van der Waals surface area (Å²) in [5.74, 6) is -2.87. The summed E-state index contributed by atoms with van der Waals surface area (Å²) in [4.78, 5) is 26.2. The number of carbonyl (C=O) groups excluding carboxylic acids is 2. The maximum Gasteiger partial charge on any atom is 0.320 e. The van der Waals surface area contributed by atoms with Gasteiger partial charge in [-0.25, -0.2) is 0 Å². The van der Waals surface area contributed by atoms with Crippen LogP contribution in [0.4, 0.5) is 0 Å². The Labute approximate surface area is 99.1 Å². The van der Waals surface area contributed by atoms with Crippen LogP contribution in [0.2, 0.25) is 0 Å². The molecule has 0 aromatic carbocycles. The second-order valence-corrected chi connectivity index (χ2v) is 3.27. The van der Waals surface area contributed by atoms with E-state index in [0.717, 1.165) is 0 Å². The lowest BCUT2D eigenvalue weighted by Crippen LogP contribution is -2.35. The molecular weight excluding hydrogens is 222 g/mol. The third kappa shape index (κ3) is 3.14. The van der Waals surface area contributed by atoms with Crippen molar-refractivity contribution in [1.82, 2.24) is 4.98 Å². The van der Waals surface area contributed by atoms with Crippen molar-refractivity contribution in [3.8, 4) is 0 Å². The molecular formula is C12H13NO4. The van der Waals surface area contributed by atoms with E-state index in [0.29, 0.717) is 0 Å². The zero-order valence-electron chi connectivity index (χ0n) is 9.67. The van der Waals surface area contributed by atoms with Crippen molar-refractivity contribution in [2.75, 3.05) is 0 Å². The van der Waals surface area contributed by atoms with Crippen LogP contribution in [0.5, 0.6) is 0 Å². The SMILES string of the molecule is C=CC(OC(C)=O)(OC(C)=O)c1ccccn1. The summed E-state index contributed by atoms with van der Waals surface area (Å²) in [6.45, 7) is 5.95. The van der Waals surface area contributed by atoms with Crippen molar-refractivity contribution in [1.29, 1.82) is 0 Å². The highest BCUT2D eigenvalue weighted by atomic mass is 16.7. The summed E-state index contributed by atoms with van der Waals surface area (Å²) in [5, 5.41) is 0. The molecule has 1 rings (SSSR count). The van der Waals surface area contributed by atoms with Crippen LogP contribution in [0.1, 0.15) is 19.5 Å². The van der Waals surface area contributed by atoms with E-state index in [2.05, 4.69) is 11.6 Å². The van der Waals surface area contributed by atoms with Gasteiger partial charge >= 0.3 is 17.7 Å². The number of nitrogens with zero attached hydrogens (tertiary/aromatic N) is 1. The Morgan fingerprint density at radius 3 is 2.24 bits per heavy atom. The standard InChI is InChI=1S/C12H13NO4/c1-4-12(16-9(2)14,17-10(3)15)11-7-5-6-8-13-11/h4-8H,1H2,2-3H3. The van der Waals surface area contributed by atoms with Gasteiger partial charge in [-0.2, -0.15) is 0 Å². The van der Waals surface area contributed by atoms with Gasteiger partial charge in [0.15, 0.2) is 0 Å². The first kappa shape index (κ1) is 12.9. The van der Waals surface area contributed by atoms with E-state index in [1.54, 1.807) is 18.2 Å². The summed E-state index contributed by atoms with van der Waals surface area (Å²) < 4.78 is 10.0. The Morgan fingerprint density at radius 2 is 1.88 bits per heavy atom. The highest BCUT2D eigenvalue weighted by Crippen LogP contribution is 2.27. The molecule has 0 atom stereocenters. The van der Waals surface area contributed by atoms with Gasteiger partial charge in [0, 0.05) is 20.0 Å². The number of carbonyl (C=O) groups is 2. The number of pyridine rings is 1. The summed E-state index contributed by atoms with van der Waals surface area (Å²) in [6, 6.07) is 4.96. The molecule has 0 N–H and O–H groups in total. The highest BCUT2D eigenvalue weighted by molar-refractivity contribution is 5.69. The first-order valence-corrected chi connectivity index (χ1v) is 4.94. The van der Waals surface area contributed by atoms with Gasteiger partial charge in [0.05, 0.1) is 0 Å². The maximum absolute atomic E-state index is 11.1. The van der Waals surface area contributed by atoms with Crippen molar-refractivity contribution >= 4 is 11.9 Å². The Hall–Kier alpha value is -2.17. The predicted octanol–water partition coefficient (Wildman–Crippen LogP) is 1.55. The molecule has 0 radical (unpaired) electrons. The van der Waals surface area contributed by atoms with Crippen molar-refractivity contribution in [3.63, 3.8) is 0 Å². The average Bonchev–Trinajstić information content (AvgIpc) is 2.28. The molecule has 0 fully saturated rings. The summed E-state index contributed by atoms with van der Waals surface area (Å²) in [7, 11) is 0. The van der Waals surface area contributed by atoms with Crippen LogP contribution in [0, 0.1) is 0 Å². The summed E-state index contributed by atoms with van der Waals surface area (Å²) in [5.41, 5.74) is 0.278. The van der Waals surface area contributed by atoms with E-state index in [9.17, 15) is 9.59 Å². The molecule has 1 heterocycles. The molecule has 5 nitrogen and oxygen atoms in total. The molecule has 0 aliphatic rings. The summed E-state index contributed by atoms with van der Waals surface area (Å²) in [6.07, 6.45) is 2.72. The Kier molecular flexibility index (Phi) is 3.98. The number of rotatable bonds is 4. The van der Waals surface area contributed by atoms with Crippen LogP contribution in [-0.2, 0) is 24.8 Å². The lowest BCUT2D eigenvalue weighted by Gasteiger charge is -2.27. The predicted molar refractivity (Wildman–Crippen MR) is 59.6 cm³/mol. The molecule has 1 aromatic heterocycles. The second kappa shape index (κ2) is 5.25. The fourth-order valence-corrected chi connectivity index (χ4v) is 1.31. The van der Waals surface area contributed by atoms with Gasteiger partial charge in [0.2, 0.25) is 0 Å². The van der Waals surface area contributed by atoms with Crippen molar-refractivity contribution in [2.24, 2.45) is 0 Å². The van der Waals surface area contributed by atoms with Gasteiger partial charge in [-0.15, -0.1) is 0 Å². The molecule has 0 unspecified atom stereocenters. The monoisotopic (exact) mass is 235 g/mol. The molecule has 5 heteroatoms. The minimum atomic E-state index is -1.67. The van der Waals surface area contributed by atoms with Crippen LogP contribution in [0.15, 0.2) is 37.1 Å². The van der Waals surface area contributed by atoms with Crippen LogP contribution in [-0.4, -0.2) is 16.9 Å². The van der Waals surface area contributed by atoms with Gasteiger partial charge in [0.1, 0.15) is 5.69 Å². The number of hydrogen-bond acceptors (Lipinski definition) is 5. The molecule has 0 saturated carbocycles. The van der Waals surface area contributed by atoms with Gasteiger partial charge in [-0.1, -0.05) is 12.6 Å². The normalized spacial score (nSPS) is 10.5. The van der Waals surface area contributed by atoms with Gasteiger partial charge in [0.25, 0.3) is 0 Å². The van der Waals surface area contributed by atoms with Gasteiger partial charge in [-0.3, -0.25) is 14.6 Å². The zero-order chi connectivity index (χ0) is 12.9. The molecule has 0 spiro atoms. The molecule has 0 saturated heterocycles. The number of aromatic nitrogens is 1. The Morgan fingerprint density at radius 1 is 1.29 bits per heavy atom. The molecule has 1 aromatic rings. The third-order valence-corrected chi connectivity index (χ3v) is 1.88. The van der Waals surface area contributed by atoms with Gasteiger partial charge in [-0.05, 0) is 18.2 Å². The number of ether oxygens (including phenoxy) is 2. The van der Waals surface area contributed by atoms with Crippen LogP contribution >= 0.6 is 0 Å². The van der Waals surface area contributed by atoms with Crippen LogP contribution in [0.3, 0.4) is 0 Å². The topological polar surface area (TPSA) is 65.5 Å². The lowest BCUT2D eigenvalue weighted by molar-refractivity contribution is -0.214. The fraction of sp³-hybridized carbons (Fsp3) is 0.250. The van der Waals surface area contributed by atoms with Crippen molar-refractivity contribution in [3.05, 3.63) is 42.7 Å². The fourth-order valence-electron chi connectivity index (χ4n) is 1.31. The molecule has 17 heavy (non-hydrogen) atoms. The molecule has 0 amide bonds. The minimum absolute atomic E-state index is 0.278. The lowest BCUT2D eigenvalue weighted by atomic mass is 10.1. The minimum Gasteiger partial charge on any atom is -0.413 e. The maximum atomic E-state index is 11.1. The number of hydrogen-bond donors (Lipinski definition) is 0. The van der Waals surface area contributed by atoms with Crippen molar-refractivity contribution < 1.29 is 19.1 Å². The van der Waals surface area contributed by atoms with E-state index in [-0.39, 0.29) is 5.69 Å². The summed E-state index contributed by atoms with van der Waals surface area (Å²) >= 11 is 0. The smallest absolute Gasteiger partial charge is 0.320 e. The second-order valence-electron chi connectivity index (χ2n) is 3.27. The molecule has 0 aliphatic carbocycles. The van der Waals surface area contributed by atoms with E-state index in [1.807, 2.05) is 0 Å². The third-order valence-electron chi connectivity index (χ3n) is 1.88. The first-order chi connectivity index (χ1) is 8.00. The average molecular weight is 235 g/mol. The van der Waals surface area contributed by atoms with Crippen LogP contribution in [0.25, 0.3) is 0 Å². The van der Waals surface area contributed by atoms with E-state index >= 15 is 0 Å². The first-order valence-electron chi connectivity index (χ1n) is 4.94. The number of esters is 2. The Bertz CT molecular complexity index is 411. The van der Waals surface area contributed by atoms with Crippen molar-refractivity contribution in [2.45, 2.75) is 19.6 Å². The Balaban J connectivity index is 3.20. The van der Waals surface area contributed by atoms with E-state index in [4.69, 9.17) is 9.47 Å². The largest absolute Gasteiger partial charge is 0.413 e. The van der Waals surface area contributed by atoms with E-state index in [1.165, 1.54) is 26.1 Å². The molecule has 0 bridgehead atoms. The highest BCUT2D eigenvalue weighted by Gasteiger charge is 2.37. The van der Waals surface area contributed by atoms with E-state index < -0.39 is 17.7 Å². The molecule has 0 aliphatic heterocycles. The quantitative estimate of drug-likeness (QED) is 0.450. The molecule has 90 valence electrons.